The van der Waals surface area contributed by atoms with Crippen LogP contribution in [0.25, 0.3) is 0 Å². The molecule has 1 aromatic heterocycles. The SMILES string of the molecule is COC(=O)c1sccc1NC(=O)c1cccc(OC)c1OC. The largest absolute Gasteiger partial charge is 0.493 e. The van der Waals surface area contributed by atoms with Crippen LogP contribution < -0.4 is 14.8 Å². The molecule has 2 aromatic rings. The van der Waals surface area contributed by atoms with Crippen molar-refractivity contribution in [2.45, 2.75) is 0 Å². The molecule has 1 aromatic carbocycles. The Morgan fingerprint density at radius 2 is 1.86 bits per heavy atom. The monoisotopic (exact) mass is 321 g/mol. The number of amides is 1. The van der Waals surface area contributed by atoms with Crippen LogP contribution in [0.3, 0.4) is 0 Å². The summed E-state index contributed by atoms with van der Waals surface area (Å²) < 4.78 is 15.1. The molecule has 0 atom stereocenters. The van der Waals surface area contributed by atoms with Gasteiger partial charge < -0.3 is 19.5 Å². The van der Waals surface area contributed by atoms with Gasteiger partial charge in [-0.3, -0.25) is 4.79 Å². The summed E-state index contributed by atoms with van der Waals surface area (Å²) in [6.45, 7) is 0. The first-order chi connectivity index (χ1) is 10.6. The minimum atomic E-state index is -0.497. The van der Waals surface area contributed by atoms with Crippen LogP contribution in [0.5, 0.6) is 11.5 Å². The quantitative estimate of drug-likeness (QED) is 0.857. The highest BCUT2D eigenvalue weighted by Crippen LogP contribution is 2.32. The summed E-state index contributed by atoms with van der Waals surface area (Å²) in [6, 6.07) is 6.63. The minimum absolute atomic E-state index is 0.309. The van der Waals surface area contributed by atoms with Gasteiger partial charge in [0.15, 0.2) is 11.5 Å². The van der Waals surface area contributed by atoms with Crippen molar-refractivity contribution in [1.82, 2.24) is 0 Å². The predicted molar refractivity (Wildman–Crippen MR) is 83.2 cm³/mol. The maximum atomic E-state index is 12.4. The van der Waals surface area contributed by atoms with Gasteiger partial charge in [0.1, 0.15) is 4.88 Å². The fraction of sp³-hybridized carbons (Fsp3) is 0.200. The molecule has 0 aliphatic carbocycles. The van der Waals surface area contributed by atoms with Gasteiger partial charge in [0.05, 0.1) is 32.6 Å². The molecular formula is C15H15NO5S. The highest BCUT2D eigenvalue weighted by Gasteiger charge is 2.20. The molecule has 0 bridgehead atoms. The van der Waals surface area contributed by atoms with Gasteiger partial charge in [0.25, 0.3) is 5.91 Å². The lowest BCUT2D eigenvalue weighted by Crippen LogP contribution is -2.15. The Labute approximate surface area is 131 Å². The van der Waals surface area contributed by atoms with Gasteiger partial charge in [-0.1, -0.05) is 6.07 Å². The van der Waals surface area contributed by atoms with E-state index in [0.29, 0.717) is 27.6 Å². The lowest BCUT2D eigenvalue weighted by Gasteiger charge is -2.12. The molecule has 0 saturated heterocycles. The summed E-state index contributed by atoms with van der Waals surface area (Å²) >= 11 is 1.19. The molecule has 0 radical (unpaired) electrons. The van der Waals surface area contributed by atoms with Gasteiger partial charge in [-0.15, -0.1) is 11.3 Å². The molecule has 0 unspecified atom stereocenters. The van der Waals surface area contributed by atoms with Gasteiger partial charge in [0.2, 0.25) is 0 Å². The topological polar surface area (TPSA) is 73.9 Å². The second-order valence-electron chi connectivity index (χ2n) is 4.15. The molecule has 0 fully saturated rings. The zero-order chi connectivity index (χ0) is 16.1. The number of carbonyl (C=O) groups excluding carboxylic acids is 2. The fourth-order valence-electron chi connectivity index (χ4n) is 1.91. The van der Waals surface area contributed by atoms with E-state index in [4.69, 9.17) is 9.47 Å². The van der Waals surface area contributed by atoms with E-state index in [1.165, 1.54) is 32.7 Å². The van der Waals surface area contributed by atoms with E-state index >= 15 is 0 Å². The van der Waals surface area contributed by atoms with Crippen LogP contribution in [-0.2, 0) is 4.74 Å². The Morgan fingerprint density at radius 3 is 2.50 bits per heavy atom. The van der Waals surface area contributed by atoms with E-state index in [1.54, 1.807) is 29.6 Å². The minimum Gasteiger partial charge on any atom is -0.493 e. The van der Waals surface area contributed by atoms with Crippen LogP contribution >= 0.6 is 11.3 Å². The number of nitrogens with one attached hydrogen (secondary N) is 1. The van der Waals surface area contributed by atoms with E-state index in [-0.39, 0.29) is 0 Å². The van der Waals surface area contributed by atoms with Crippen LogP contribution in [0, 0.1) is 0 Å². The number of para-hydroxylation sites is 1. The Bertz CT molecular complexity index is 695. The zero-order valence-electron chi connectivity index (χ0n) is 12.3. The summed E-state index contributed by atoms with van der Waals surface area (Å²) in [5.41, 5.74) is 0.704. The smallest absolute Gasteiger partial charge is 0.350 e. The van der Waals surface area contributed by atoms with Crippen molar-refractivity contribution in [2.75, 3.05) is 26.6 Å². The second kappa shape index (κ2) is 6.95. The average molecular weight is 321 g/mol. The van der Waals surface area contributed by atoms with Crippen LogP contribution in [0.1, 0.15) is 20.0 Å². The molecule has 0 spiro atoms. The molecule has 1 N–H and O–H groups in total. The molecule has 2 rings (SSSR count). The van der Waals surface area contributed by atoms with Crippen molar-refractivity contribution in [3.63, 3.8) is 0 Å². The first-order valence-corrected chi connectivity index (χ1v) is 7.18. The Kier molecular flexibility index (Phi) is 5.00. The first-order valence-electron chi connectivity index (χ1n) is 6.30. The highest BCUT2D eigenvalue weighted by molar-refractivity contribution is 7.12. The third kappa shape index (κ3) is 3.04. The van der Waals surface area contributed by atoms with Gasteiger partial charge in [-0.25, -0.2) is 4.79 Å². The third-order valence-electron chi connectivity index (χ3n) is 2.93. The van der Waals surface area contributed by atoms with E-state index in [2.05, 4.69) is 10.1 Å². The average Bonchev–Trinajstić information content (AvgIpc) is 3.01. The number of hydrogen-bond acceptors (Lipinski definition) is 6. The van der Waals surface area contributed by atoms with Crippen LogP contribution in [0.15, 0.2) is 29.6 Å². The lowest BCUT2D eigenvalue weighted by atomic mass is 10.1. The molecule has 6 nitrogen and oxygen atoms in total. The molecule has 7 heteroatoms. The number of hydrogen-bond donors (Lipinski definition) is 1. The normalized spacial score (nSPS) is 9.95. The number of carbonyl (C=O) groups is 2. The van der Waals surface area contributed by atoms with Gasteiger partial charge >= 0.3 is 5.97 Å². The number of benzene rings is 1. The van der Waals surface area contributed by atoms with Crippen molar-refractivity contribution in [1.29, 1.82) is 0 Å². The van der Waals surface area contributed by atoms with Crippen LogP contribution in [0.4, 0.5) is 5.69 Å². The number of methoxy groups -OCH3 is 3. The maximum absolute atomic E-state index is 12.4. The molecule has 1 heterocycles. The standard InChI is InChI=1S/C15H15NO5S/c1-19-11-6-4-5-9(12(11)20-2)14(17)16-10-7-8-22-13(10)15(18)21-3/h4-8H,1-3H3,(H,16,17). The van der Waals surface area contributed by atoms with Crippen LogP contribution in [-0.4, -0.2) is 33.2 Å². The maximum Gasteiger partial charge on any atom is 0.350 e. The number of thiophene rings is 1. The number of ether oxygens (including phenoxy) is 3. The van der Waals surface area contributed by atoms with Gasteiger partial charge in [0, 0.05) is 0 Å². The second-order valence-corrected chi connectivity index (χ2v) is 5.07. The van der Waals surface area contributed by atoms with Crippen molar-refractivity contribution < 1.29 is 23.8 Å². The molecule has 0 aliphatic rings. The van der Waals surface area contributed by atoms with Crippen molar-refractivity contribution in [3.8, 4) is 11.5 Å². The van der Waals surface area contributed by atoms with Crippen molar-refractivity contribution >= 4 is 28.9 Å². The summed E-state index contributed by atoms with van der Waals surface area (Å²) in [4.78, 5) is 24.4. The van der Waals surface area contributed by atoms with Crippen LogP contribution in [0.2, 0.25) is 0 Å². The summed E-state index contributed by atoms with van der Waals surface area (Å²) in [6.07, 6.45) is 0. The number of anilines is 1. The summed E-state index contributed by atoms with van der Waals surface area (Å²) in [7, 11) is 4.24. The van der Waals surface area contributed by atoms with Gasteiger partial charge in [-0.2, -0.15) is 0 Å². The van der Waals surface area contributed by atoms with E-state index in [1.807, 2.05) is 0 Å². The zero-order valence-corrected chi connectivity index (χ0v) is 13.2. The third-order valence-corrected chi connectivity index (χ3v) is 3.83. The predicted octanol–water partition coefficient (Wildman–Crippen LogP) is 2.80. The molecular weight excluding hydrogens is 306 g/mol. The molecule has 0 saturated carbocycles. The molecule has 22 heavy (non-hydrogen) atoms. The molecule has 116 valence electrons. The lowest BCUT2D eigenvalue weighted by molar-refractivity contribution is 0.0607. The first kappa shape index (κ1) is 15.8. The molecule has 0 aliphatic heterocycles. The van der Waals surface area contributed by atoms with Crippen molar-refractivity contribution in [2.24, 2.45) is 0 Å². The summed E-state index contributed by atoms with van der Waals surface area (Å²) in [5, 5.41) is 4.38. The molecule has 1 amide bonds. The highest BCUT2D eigenvalue weighted by atomic mass is 32.1. The van der Waals surface area contributed by atoms with E-state index in [9.17, 15) is 9.59 Å². The van der Waals surface area contributed by atoms with E-state index in [0.717, 1.165) is 0 Å². The number of rotatable bonds is 5. The number of esters is 1. The Morgan fingerprint density at radius 1 is 1.09 bits per heavy atom. The van der Waals surface area contributed by atoms with Gasteiger partial charge in [-0.05, 0) is 23.6 Å². The summed E-state index contributed by atoms with van der Waals surface area (Å²) in [5.74, 6) is -0.117. The van der Waals surface area contributed by atoms with E-state index < -0.39 is 11.9 Å². The van der Waals surface area contributed by atoms with Crippen molar-refractivity contribution in [3.05, 3.63) is 40.1 Å². The Balaban J connectivity index is 2.31. The Hall–Kier alpha value is -2.54. The fourth-order valence-corrected chi connectivity index (χ4v) is 2.68.